The van der Waals surface area contributed by atoms with Gasteiger partial charge < -0.3 is 20.8 Å². The van der Waals surface area contributed by atoms with E-state index in [-0.39, 0.29) is 12.4 Å². The van der Waals surface area contributed by atoms with Crippen molar-refractivity contribution in [2.24, 2.45) is 5.73 Å². The highest BCUT2D eigenvalue weighted by molar-refractivity contribution is 5.94. The number of nitrogens with zero attached hydrogens (tertiary/aromatic N) is 2. The molecule has 2 aliphatic heterocycles. The average Bonchev–Trinajstić information content (AvgIpc) is 2.74. The van der Waals surface area contributed by atoms with E-state index in [1.807, 2.05) is 17.0 Å². The molecule has 0 bridgehead atoms. The molecule has 0 amide bonds. The lowest BCUT2D eigenvalue weighted by Crippen LogP contribution is -2.48. The van der Waals surface area contributed by atoms with Gasteiger partial charge in [-0.3, -0.25) is 15.1 Å². The zero-order valence-electron chi connectivity index (χ0n) is 17.6. The van der Waals surface area contributed by atoms with Gasteiger partial charge in [0, 0.05) is 24.7 Å². The number of carboxylic acids is 2. The number of likely N-dealkylation sites (tertiary alicyclic amines) is 2. The number of hydrogen-bond acceptors (Lipinski definition) is 5. The van der Waals surface area contributed by atoms with Crippen molar-refractivity contribution < 1.29 is 33.0 Å². The second kappa shape index (κ2) is 11.3. The molecule has 8 nitrogen and oxygen atoms in total. The zero-order valence-corrected chi connectivity index (χ0v) is 17.6. The van der Waals surface area contributed by atoms with Gasteiger partial charge in [-0.1, -0.05) is 24.3 Å². The highest BCUT2D eigenvalue weighted by atomic mass is 19.4. The molecule has 0 unspecified atom stereocenters. The Balaban J connectivity index is 0.000000451. The first-order valence-electron chi connectivity index (χ1n) is 10.4. The van der Waals surface area contributed by atoms with Gasteiger partial charge >= 0.3 is 18.1 Å². The third-order valence-corrected chi connectivity index (χ3v) is 5.90. The SMILES string of the molecule is N=C(N)c1ccc(C2CCN(C3CCN(CC(=O)O)CC3)CC2)cc1.O=C(O)C(F)(F)F. The number of aliphatic carboxylic acids is 2. The summed E-state index contributed by atoms with van der Waals surface area (Å²) in [5, 5.41) is 23.5. The largest absolute Gasteiger partial charge is 0.490 e. The van der Waals surface area contributed by atoms with Crippen LogP contribution < -0.4 is 5.73 Å². The molecule has 2 saturated heterocycles. The number of halogens is 3. The fourth-order valence-electron chi connectivity index (χ4n) is 4.17. The Labute approximate surface area is 184 Å². The number of benzene rings is 1. The lowest BCUT2D eigenvalue weighted by atomic mass is 9.87. The number of amidine groups is 1. The van der Waals surface area contributed by atoms with Crippen molar-refractivity contribution in [1.82, 2.24) is 9.80 Å². The van der Waals surface area contributed by atoms with Crippen LogP contribution >= 0.6 is 0 Å². The van der Waals surface area contributed by atoms with Crippen LogP contribution in [0.1, 0.15) is 42.7 Å². The zero-order chi connectivity index (χ0) is 23.9. The summed E-state index contributed by atoms with van der Waals surface area (Å²) in [6, 6.07) is 8.72. The van der Waals surface area contributed by atoms with Gasteiger partial charge in [0.15, 0.2) is 0 Å². The van der Waals surface area contributed by atoms with Crippen LogP contribution in [0.5, 0.6) is 0 Å². The van der Waals surface area contributed by atoms with Crippen LogP contribution in [0.2, 0.25) is 0 Å². The van der Waals surface area contributed by atoms with E-state index in [4.69, 9.17) is 26.2 Å². The molecular weight excluding hydrogens is 429 g/mol. The summed E-state index contributed by atoms with van der Waals surface area (Å²) in [6.07, 6.45) is -0.611. The molecule has 0 aliphatic carbocycles. The van der Waals surface area contributed by atoms with Gasteiger partial charge in [-0.2, -0.15) is 13.2 Å². The quantitative estimate of drug-likeness (QED) is 0.393. The van der Waals surface area contributed by atoms with E-state index in [0.717, 1.165) is 57.4 Å². The number of rotatable bonds is 5. The number of carbonyl (C=O) groups is 2. The topological polar surface area (TPSA) is 131 Å². The summed E-state index contributed by atoms with van der Waals surface area (Å²) in [5.41, 5.74) is 7.65. The fraction of sp³-hybridized carbons (Fsp3) is 0.571. The predicted molar refractivity (Wildman–Crippen MR) is 112 cm³/mol. The summed E-state index contributed by atoms with van der Waals surface area (Å²) in [4.78, 5) is 24.3. The van der Waals surface area contributed by atoms with Crippen LogP contribution in [0.4, 0.5) is 13.2 Å². The lowest BCUT2D eigenvalue weighted by molar-refractivity contribution is -0.192. The van der Waals surface area contributed by atoms with E-state index in [0.29, 0.717) is 12.0 Å². The van der Waals surface area contributed by atoms with Crippen molar-refractivity contribution in [2.75, 3.05) is 32.7 Å². The molecule has 178 valence electrons. The predicted octanol–water partition coefficient (Wildman–Crippen LogP) is 2.33. The Kier molecular flexibility index (Phi) is 9.02. The van der Waals surface area contributed by atoms with E-state index in [2.05, 4.69) is 17.0 Å². The number of alkyl halides is 3. The van der Waals surface area contributed by atoms with Crippen molar-refractivity contribution in [3.05, 3.63) is 35.4 Å². The van der Waals surface area contributed by atoms with E-state index in [1.165, 1.54) is 5.56 Å². The minimum atomic E-state index is -5.08. The van der Waals surface area contributed by atoms with Crippen molar-refractivity contribution >= 4 is 17.8 Å². The second-order valence-corrected chi connectivity index (χ2v) is 8.05. The molecule has 0 spiro atoms. The van der Waals surface area contributed by atoms with E-state index < -0.39 is 18.1 Å². The molecule has 2 fully saturated rings. The van der Waals surface area contributed by atoms with Gasteiger partial charge in [0.2, 0.25) is 0 Å². The van der Waals surface area contributed by atoms with E-state index >= 15 is 0 Å². The Hall–Kier alpha value is -2.66. The second-order valence-electron chi connectivity index (χ2n) is 8.05. The van der Waals surface area contributed by atoms with Crippen molar-refractivity contribution in [3.63, 3.8) is 0 Å². The normalized spacial score (nSPS) is 19.1. The average molecular weight is 458 g/mol. The molecule has 5 N–H and O–H groups in total. The standard InChI is InChI=1S/C19H28N4O2.C2HF3O2/c20-19(21)16-3-1-14(2-4-16)15-5-11-23(12-6-15)17-7-9-22(10-8-17)13-18(24)25;3-2(4,5)1(6)7/h1-4,15,17H,5-13H2,(H3,20,21)(H,24,25);(H,6,7). The molecule has 1 aromatic carbocycles. The van der Waals surface area contributed by atoms with Crippen LogP contribution in [0.15, 0.2) is 24.3 Å². The third-order valence-electron chi connectivity index (χ3n) is 5.90. The molecule has 32 heavy (non-hydrogen) atoms. The van der Waals surface area contributed by atoms with Crippen LogP contribution in [0, 0.1) is 5.41 Å². The number of hydrogen-bond donors (Lipinski definition) is 4. The summed E-state index contributed by atoms with van der Waals surface area (Å²) in [7, 11) is 0. The van der Waals surface area contributed by atoms with Crippen molar-refractivity contribution in [3.8, 4) is 0 Å². The molecule has 3 rings (SSSR count). The summed E-state index contributed by atoms with van der Waals surface area (Å²) in [6.45, 7) is 4.18. The molecular formula is C21H29F3N4O4. The van der Waals surface area contributed by atoms with Gasteiger partial charge in [0.1, 0.15) is 5.84 Å². The first-order chi connectivity index (χ1) is 15.0. The first kappa shape index (κ1) is 25.6. The molecule has 1 aromatic rings. The van der Waals surface area contributed by atoms with Gasteiger partial charge in [0.05, 0.1) is 6.54 Å². The Morgan fingerprint density at radius 3 is 1.91 bits per heavy atom. The van der Waals surface area contributed by atoms with Crippen molar-refractivity contribution in [2.45, 2.75) is 43.8 Å². The summed E-state index contributed by atoms with van der Waals surface area (Å²) < 4.78 is 31.7. The monoisotopic (exact) mass is 458 g/mol. The molecule has 2 aliphatic rings. The van der Waals surface area contributed by atoms with Crippen LogP contribution in [-0.4, -0.2) is 82.7 Å². The Morgan fingerprint density at radius 1 is 1.00 bits per heavy atom. The van der Waals surface area contributed by atoms with Crippen LogP contribution in [0.25, 0.3) is 0 Å². The summed E-state index contributed by atoms with van der Waals surface area (Å²) >= 11 is 0. The third kappa shape index (κ3) is 7.79. The van der Waals surface area contributed by atoms with Gasteiger partial charge in [-0.05, 0) is 50.3 Å². The number of nitrogens with one attached hydrogen (secondary N) is 1. The fourth-order valence-corrected chi connectivity index (χ4v) is 4.17. The number of piperidine rings is 2. The van der Waals surface area contributed by atoms with Gasteiger partial charge in [-0.15, -0.1) is 0 Å². The molecule has 11 heteroatoms. The van der Waals surface area contributed by atoms with E-state index in [9.17, 15) is 18.0 Å². The maximum atomic E-state index is 10.8. The number of nitrogen functional groups attached to an aromatic ring is 1. The summed E-state index contributed by atoms with van der Waals surface area (Å²) in [5.74, 6) is -2.78. The van der Waals surface area contributed by atoms with Gasteiger partial charge in [-0.25, -0.2) is 4.79 Å². The van der Waals surface area contributed by atoms with E-state index in [1.54, 1.807) is 0 Å². The minimum absolute atomic E-state index is 0.121. The highest BCUT2D eigenvalue weighted by Gasteiger charge is 2.38. The highest BCUT2D eigenvalue weighted by Crippen LogP contribution is 2.30. The Morgan fingerprint density at radius 2 is 1.50 bits per heavy atom. The molecule has 2 heterocycles. The van der Waals surface area contributed by atoms with Crippen molar-refractivity contribution in [1.29, 1.82) is 5.41 Å². The minimum Gasteiger partial charge on any atom is -0.480 e. The molecule has 0 saturated carbocycles. The first-order valence-corrected chi connectivity index (χ1v) is 10.4. The van der Waals surface area contributed by atoms with Crippen LogP contribution in [-0.2, 0) is 9.59 Å². The maximum absolute atomic E-state index is 10.8. The maximum Gasteiger partial charge on any atom is 0.490 e. The molecule has 0 aromatic heterocycles. The smallest absolute Gasteiger partial charge is 0.480 e. The lowest BCUT2D eigenvalue weighted by Gasteiger charge is -2.41. The number of nitrogens with two attached hydrogens (primary N) is 1. The number of carboxylic acid groups (broad SMARTS) is 2. The Bertz CT molecular complexity index is 785. The van der Waals surface area contributed by atoms with Gasteiger partial charge in [0.25, 0.3) is 0 Å². The molecule has 0 radical (unpaired) electrons. The molecule has 0 atom stereocenters. The van der Waals surface area contributed by atoms with Crippen LogP contribution in [0.3, 0.4) is 0 Å².